The lowest BCUT2D eigenvalue weighted by Crippen LogP contribution is -2.51. The first kappa shape index (κ1) is 22.8. The van der Waals surface area contributed by atoms with Crippen molar-refractivity contribution in [2.45, 2.75) is 6.92 Å². The minimum Gasteiger partial charge on any atom is -0.459 e. The number of furan rings is 2. The van der Waals surface area contributed by atoms with E-state index in [-0.39, 0.29) is 28.9 Å². The Hall–Kier alpha value is -4.34. The van der Waals surface area contributed by atoms with E-state index in [1.54, 1.807) is 47.1 Å². The Morgan fingerprint density at radius 1 is 0.912 bits per heavy atom. The molecule has 34 heavy (non-hydrogen) atoms. The van der Waals surface area contributed by atoms with E-state index >= 15 is 0 Å². The molecule has 1 fully saturated rings. The zero-order valence-electron chi connectivity index (χ0n) is 18.5. The first-order valence-corrected chi connectivity index (χ1v) is 10.7. The van der Waals surface area contributed by atoms with Gasteiger partial charge in [0.1, 0.15) is 0 Å². The van der Waals surface area contributed by atoms with E-state index in [9.17, 15) is 19.2 Å². The molecule has 0 unspecified atom stereocenters. The molecule has 0 radical (unpaired) electrons. The molecule has 4 rings (SSSR count). The third-order valence-corrected chi connectivity index (χ3v) is 5.44. The molecule has 10 nitrogen and oxygen atoms in total. The van der Waals surface area contributed by atoms with Crippen LogP contribution in [0.1, 0.15) is 37.0 Å². The number of piperazine rings is 1. The number of rotatable bonds is 6. The third-order valence-electron chi connectivity index (χ3n) is 5.44. The van der Waals surface area contributed by atoms with Crippen LogP contribution in [0.4, 0.5) is 5.69 Å². The van der Waals surface area contributed by atoms with Crippen molar-refractivity contribution >= 4 is 29.4 Å². The van der Waals surface area contributed by atoms with Crippen molar-refractivity contribution in [1.82, 2.24) is 9.80 Å². The molecule has 2 aromatic heterocycles. The van der Waals surface area contributed by atoms with E-state index < -0.39 is 18.5 Å². The van der Waals surface area contributed by atoms with Crippen LogP contribution in [-0.4, -0.2) is 66.3 Å². The zero-order valence-corrected chi connectivity index (χ0v) is 18.5. The maximum absolute atomic E-state index is 12.5. The molecule has 0 aliphatic carbocycles. The van der Waals surface area contributed by atoms with Gasteiger partial charge in [0.25, 0.3) is 17.7 Å². The van der Waals surface area contributed by atoms with Crippen LogP contribution < -0.4 is 5.32 Å². The highest BCUT2D eigenvalue weighted by Gasteiger charge is 2.26. The fourth-order valence-electron chi connectivity index (χ4n) is 3.49. The largest absolute Gasteiger partial charge is 0.459 e. The minimum atomic E-state index is -0.687. The number of nitrogens with zero attached hydrogens (tertiary/aromatic N) is 2. The molecular weight excluding hydrogens is 442 g/mol. The van der Waals surface area contributed by atoms with E-state index in [0.717, 1.165) is 5.56 Å². The van der Waals surface area contributed by atoms with Gasteiger partial charge in [0.05, 0.1) is 18.1 Å². The number of carbonyl (C=O) groups is 4. The van der Waals surface area contributed by atoms with Crippen LogP contribution in [-0.2, 0) is 9.53 Å². The summed E-state index contributed by atoms with van der Waals surface area (Å²) in [4.78, 5) is 52.7. The van der Waals surface area contributed by atoms with Crippen LogP contribution in [0.15, 0.2) is 63.8 Å². The molecule has 3 aromatic rings. The van der Waals surface area contributed by atoms with E-state index in [2.05, 4.69) is 5.32 Å². The van der Waals surface area contributed by atoms with Gasteiger partial charge in [0, 0.05) is 31.9 Å². The Labute approximate surface area is 195 Å². The van der Waals surface area contributed by atoms with Crippen molar-refractivity contribution in [2.75, 3.05) is 38.1 Å². The van der Waals surface area contributed by atoms with Crippen molar-refractivity contribution in [2.24, 2.45) is 0 Å². The highest BCUT2D eigenvalue weighted by atomic mass is 16.5. The number of anilines is 1. The summed E-state index contributed by atoms with van der Waals surface area (Å²) in [6, 6.07) is 11.1. The smallest absolute Gasteiger partial charge is 0.338 e. The second-order valence-corrected chi connectivity index (χ2v) is 7.69. The molecule has 0 bridgehead atoms. The van der Waals surface area contributed by atoms with Crippen molar-refractivity contribution in [3.05, 3.63) is 77.6 Å². The van der Waals surface area contributed by atoms with E-state index in [4.69, 9.17) is 13.6 Å². The van der Waals surface area contributed by atoms with Gasteiger partial charge in [-0.15, -0.1) is 0 Å². The maximum atomic E-state index is 12.5. The van der Waals surface area contributed by atoms with Crippen LogP contribution in [0.5, 0.6) is 0 Å². The number of hydrogen-bond acceptors (Lipinski definition) is 7. The summed E-state index contributed by atoms with van der Waals surface area (Å²) in [7, 11) is 0. The molecule has 0 atom stereocenters. The summed E-state index contributed by atoms with van der Waals surface area (Å²) in [5.41, 5.74) is 1.37. The summed E-state index contributed by atoms with van der Waals surface area (Å²) >= 11 is 0. The fourth-order valence-corrected chi connectivity index (χ4v) is 3.49. The predicted molar refractivity (Wildman–Crippen MR) is 119 cm³/mol. The summed E-state index contributed by atoms with van der Waals surface area (Å²) in [6.45, 7) is 2.73. The van der Waals surface area contributed by atoms with Crippen molar-refractivity contribution in [3.63, 3.8) is 0 Å². The van der Waals surface area contributed by atoms with Crippen LogP contribution >= 0.6 is 0 Å². The Morgan fingerprint density at radius 3 is 2.21 bits per heavy atom. The minimum absolute atomic E-state index is 0.143. The van der Waals surface area contributed by atoms with Gasteiger partial charge >= 0.3 is 5.97 Å². The lowest BCUT2D eigenvalue weighted by atomic mass is 10.1. The quantitative estimate of drug-likeness (QED) is 0.555. The molecule has 3 heterocycles. The normalized spacial score (nSPS) is 13.4. The first-order chi connectivity index (χ1) is 16.4. The number of aryl methyl sites for hydroxylation is 1. The standard InChI is InChI=1S/C24H23N3O7/c1-16-6-7-17(14-18(16)25-22(29)19-4-2-12-32-19)24(31)34-15-21(28)26-8-10-27(11-9-26)23(30)20-5-3-13-33-20/h2-7,12-14H,8-11,15H2,1H3,(H,25,29). The molecule has 0 spiro atoms. The van der Waals surface area contributed by atoms with Gasteiger partial charge in [-0.1, -0.05) is 6.07 Å². The van der Waals surface area contributed by atoms with Gasteiger partial charge in [-0.25, -0.2) is 4.79 Å². The first-order valence-electron chi connectivity index (χ1n) is 10.7. The van der Waals surface area contributed by atoms with Gasteiger partial charge in [0.15, 0.2) is 18.1 Å². The van der Waals surface area contributed by atoms with E-state index in [0.29, 0.717) is 31.9 Å². The number of hydrogen-bond donors (Lipinski definition) is 1. The molecule has 0 saturated carbocycles. The highest BCUT2D eigenvalue weighted by molar-refractivity contribution is 6.03. The number of ether oxygens (including phenoxy) is 1. The molecule has 1 aliphatic heterocycles. The van der Waals surface area contributed by atoms with Gasteiger partial charge in [-0.3, -0.25) is 14.4 Å². The Kier molecular flexibility index (Phi) is 6.77. The van der Waals surface area contributed by atoms with Crippen molar-refractivity contribution < 1.29 is 32.7 Å². The molecular formula is C24H23N3O7. The second kappa shape index (κ2) is 10.1. The van der Waals surface area contributed by atoms with E-state index in [1.807, 2.05) is 0 Å². The number of esters is 1. The summed E-state index contributed by atoms with van der Waals surface area (Å²) in [5.74, 6) is -1.31. The topological polar surface area (TPSA) is 122 Å². The van der Waals surface area contributed by atoms with Crippen LogP contribution in [0, 0.1) is 6.92 Å². The molecule has 3 amide bonds. The van der Waals surface area contributed by atoms with Crippen molar-refractivity contribution in [1.29, 1.82) is 0 Å². The summed E-state index contributed by atoms with van der Waals surface area (Å²) < 4.78 is 15.4. The van der Waals surface area contributed by atoms with Crippen molar-refractivity contribution in [3.8, 4) is 0 Å². The predicted octanol–water partition coefficient (Wildman–Crippen LogP) is 2.57. The summed E-state index contributed by atoms with van der Waals surface area (Å²) in [5, 5.41) is 2.69. The fraction of sp³-hybridized carbons (Fsp3) is 0.250. The van der Waals surface area contributed by atoms with E-state index in [1.165, 1.54) is 24.7 Å². The lowest BCUT2D eigenvalue weighted by molar-refractivity contribution is -0.136. The van der Waals surface area contributed by atoms with Gasteiger partial charge in [-0.05, 0) is 48.9 Å². The van der Waals surface area contributed by atoms with Gasteiger partial charge < -0.3 is 28.7 Å². The maximum Gasteiger partial charge on any atom is 0.338 e. The van der Waals surface area contributed by atoms with Crippen LogP contribution in [0.25, 0.3) is 0 Å². The second-order valence-electron chi connectivity index (χ2n) is 7.69. The lowest BCUT2D eigenvalue weighted by Gasteiger charge is -2.34. The Morgan fingerprint density at radius 2 is 1.56 bits per heavy atom. The molecule has 1 saturated heterocycles. The van der Waals surface area contributed by atoms with Gasteiger partial charge in [-0.2, -0.15) is 0 Å². The molecule has 1 aliphatic rings. The molecule has 10 heteroatoms. The number of amides is 3. The highest BCUT2D eigenvalue weighted by Crippen LogP contribution is 2.19. The number of carbonyl (C=O) groups excluding carboxylic acids is 4. The Bertz CT molecular complexity index is 1180. The monoisotopic (exact) mass is 465 g/mol. The van der Waals surface area contributed by atoms with Crippen LogP contribution in [0.2, 0.25) is 0 Å². The van der Waals surface area contributed by atoms with Gasteiger partial charge in [0.2, 0.25) is 0 Å². The SMILES string of the molecule is Cc1ccc(C(=O)OCC(=O)N2CCN(C(=O)c3ccco3)CC2)cc1NC(=O)c1ccco1. The average molecular weight is 465 g/mol. The number of benzene rings is 1. The summed E-state index contributed by atoms with van der Waals surface area (Å²) in [6.07, 6.45) is 2.83. The third kappa shape index (κ3) is 5.17. The Balaban J connectivity index is 1.28. The number of nitrogens with one attached hydrogen (secondary N) is 1. The molecule has 1 aromatic carbocycles. The molecule has 176 valence electrons. The zero-order chi connectivity index (χ0) is 24.1. The molecule has 1 N–H and O–H groups in total. The average Bonchev–Trinajstić information content (AvgIpc) is 3.58. The van der Waals surface area contributed by atoms with Crippen LogP contribution in [0.3, 0.4) is 0 Å².